The van der Waals surface area contributed by atoms with Gasteiger partial charge in [-0.05, 0) is 37.0 Å². The average Bonchev–Trinajstić information content (AvgIpc) is 2.94. The first-order valence-corrected chi connectivity index (χ1v) is 6.70. The molecule has 104 valence electrons. The molecule has 1 aliphatic heterocycles. The zero-order chi connectivity index (χ0) is 13.7. The number of carbonyl (C=O) groups is 1. The molecule has 2 N–H and O–H groups in total. The van der Waals surface area contributed by atoms with Crippen molar-refractivity contribution in [2.75, 3.05) is 20.1 Å². The molecule has 0 aromatic carbocycles. The molecular formula is C14H21N3O2. The van der Waals surface area contributed by atoms with E-state index >= 15 is 0 Å². The Morgan fingerprint density at radius 2 is 2.21 bits per heavy atom. The third kappa shape index (κ3) is 3.75. The zero-order valence-electron chi connectivity index (χ0n) is 11.3. The predicted molar refractivity (Wildman–Crippen MR) is 72.5 cm³/mol. The molecule has 2 heterocycles. The van der Waals surface area contributed by atoms with Crippen LogP contribution < -0.4 is 5.73 Å². The Hall–Kier alpha value is -1.46. The average molecular weight is 263 g/mol. The maximum atomic E-state index is 12.2. The minimum atomic E-state index is -0.309. The SMILES string of the molecule is CN(CCc1ccncc1)C(=O)C1CCC(CN)O1. The molecule has 0 radical (unpaired) electrons. The first-order valence-electron chi connectivity index (χ1n) is 6.70. The Bertz CT molecular complexity index is 410. The third-order valence-corrected chi connectivity index (χ3v) is 3.51. The van der Waals surface area contributed by atoms with E-state index in [9.17, 15) is 4.79 Å². The lowest BCUT2D eigenvalue weighted by Crippen LogP contribution is -2.38. The van der Waals surface area contributed by atoms with Gasteiger partial charge in [-0.2, -0.15) is 0 Å². The van der Waals surface area contributed by atoms with Crippen molar-refractivity contribution in [3.63, 3.8) is 0 Å². The van der Waals surface area contributed by atoms with Gasteiger partial charge in [-0.15, -0.1) is 0 Å². The van der Waals surface area contributed by atoms with Crippen molar-refractivity contribution in [3.05, 3.63) is 30.1 Å². The highest BCUT2D eigenvalue weighted by atomic mass is 16.5. The van der Waals surface area contributed by atoms with Gasteiger partial charge in [-0.3, -0.25) is 9.78 Å². The standard InChI is InChI=1S/C14H21N3O2/c1-17(9-6-11-4-7-16-8-5-11)14(18)13-3-2-12(10-15)19-13/h4-5,7-8,12-13H,2-3,6,9-10,15H2,1H3. The van der Waals surface area contributed by atoms with Crippen LogP contribution in [0.2, 0.25) is 0 Å². The number of nitrogens with two attached hydrogens (primary N) is 1. The molecule has 2 atom stereocenters. The summed E-state index contributed by atoms with van der Waals surface area (Å²) in [5.74, 6) is 0.0602. The normalized spacial score (nSPS) is 22.4. The van der Waals surface area contributed by atoms with Crippen LogP contribution in [0.25, 0.3) is 0 Å². The molecule has 1 fully saturated rings. The fourth-order valence-electron chi connectivity index (χ4n) is 2.26. The van der Waals surface area contributed by atoms with Crippen LogP contribution in [0.4, 0.5) is 0 Å². The Morgan fingerprint density at radius 3 is 2.84 bits per heavy atom. The number of carbonyl (C=O) groups excluding carboxylic acids is 1. The van der Waals surface area contributed by atoms with Crippen LogP contribution in [-0.2, 0) is 16.0 Å². The smallest absolute Gasteiger partial charge is 0.251 e. The summed E-state index contributed by atoms with van der Waals surface area (Å²) in [6, 6.07) is 3.93. The summed E-state index contributed by atoms with van der Waals surface area (Å²) in [6.45, 7) is 1.18. The molecule has 19 heavy (non-hydrogen) atoms. The molecule has 0 spiro atoms. The summed E-state index contributed by atoms with van der Waals surface area (Å²) >= 11 is 0. The van der Waals surface area contributed by atoms with E-state index in [1.807, 2.05) is 19.2 Å². The van der Waals surface area contributed by atoms with E-state index in [0.29, 0.717) is 13.1 Å². The molecule has 5 nitrogen and oxygen atoms in total. The largest absolute Gasteiger partial charge is 0.364 e. The minimum Gasteiger partial charge on any atom is -0.364 e. The van der Waals surface area contributed by atoms with Crippen molar-refractivity contribution in [1.29, 1.82) is 0 Å². The summed E-state index contributed by atoms with van der Waals surface area (Å²) in [7, 11) is 1.82. The van der Waals surface area contributed by atoms with Gasteiger partial charge in [-0.25, -0.2) is 0 Å². The van der Waals surface area contributed by atoms with Crippen molar-refractivity contribution in [2.24, 2.45) is 5.73 Å². The lowest BCUT2D eigenvalue weighted by Gasteiger charge is -2.21. The summed E-state index contributed by atoms with van der Waals surface area (Å²) in [5.41, 5.74) is 6.73. The first-order chi connectivity index (χ1) is 9.20. The van der Waals surface area contributed by atoms with Crippen LogP contribution in [-0.4, -0.2) is 48.1 Å². The van der Waals surface area contributed by atoms with E-state index in [-0.39, 0.29) is 18.1 Å². The molecule has 1 aromatic heterocycles. The van der Waals surface area contributed by atoms with Crippen LogP contribution >= 0.6 is 0 Å². The molecule has 5 heteroatoms. The second-order valence-electron chi connectivity index (χ2n) is 4.93. The summed E-state index contributed by atoms with van der Waals surface area (Å²) < 4.78 is 5.62. The van der Waals surface area contributed by atoms with E-state index in [1.54, 1.807) is 17.3 Å². The summed E-state index contributed by atoms with van der Waals surface area (Å²) in [5, 5.41) is 0. The van der Waals surface area contributed by atoms with Gasteiger partial charge in [0.15, 0.2) is 0 Å². The highest BCUT2D eigenvalue weighted by molar-refractivity contribution is 5.81. The summed E-state index contributed by atoms with van der Waals surface area (Å²) in [6.07, 6.45) is 5.76. The second kappa shape index (κ2) is 6.63. The van der Waals surface area contributed by atoms with Crippen molar-refractivity contribution in [3.8, 4) is 0 Å². The molecule has 1 amide bonds. The molecule has 0 aliphatic carbocycles. The zero-order valence-corrected chi connectivity index (χ0v) is 11.3. The topological polar surface area (TPSA) is 68.5 Å². The van der Waals surface area contributed by atoms with Gasteiger partial charge in [0, 0.05) is 32.5 Å². The Labute approximate surface area is 113 Å². The molecule has 2 unspecified atom stereocenters. The van der Waals surface area contributed by atoms with Crippen molar-refractivity contribution < 1.29 is 9.53 Å². The number of rotatable bonds is 5. The third-order valence-electron chi connectivity index (χ3n) is 3.51. The predicted octanol–water partition coefficient (Wildman–Crippen LogP) is 0.589. The first kappa shape index (κ1) is 14.0. The van der Waals surface area contributed by atoms with Gasteiger partial charge < -0.3 is 15.4 Å². The van der Waals surface area contributed by atoms with Crippen LogP contribution in [0.5, 0.6) is 0 Å². The van der Waals surface area contributed by atoms with Crippen molar-refractivity contribution in [2.45, 2.75) is 31.5 Å². The number of ether oxygens (including phenoxy) is 1. The van der Waals surface area contributed by atoms with Gasteiger partial charge in [0.25, 0.3) is 5.91 Å². The number of aromatic nitrogens is 1. The molecular weight excluding hydrogens is 242 g/mol. The van der Waals surface area contributed by atoms with Crippen LogP contribution in [0.15, 0.2) is 24.5 Å². The fraction of sp³-hybridized carbons (Fsp3) is 0.571. The lowest BCUT2D eigenvalue weighted by atomic mass is 10.1. The number of nitrogens with zero attached hydrogens (tertiary/aromatic N) is 2. The molecule has 1 aromatic rings. The van der Waals surface area contributed by atoms with Gasteiger partial charge in [0.05, 0.1) is 6.10 Å². The molecule has 2 rings (SSSR count). The lowest BCUT2D eigenvalue weighted by molar-refractivity contribution is -0.141. The van der Waals surface area contributed by atoms with Crippen LogP contribution in [0.1, 0.15) is 18.4 Å². The summed E-state index contributed by atoms with van der Waals surface area (Å²) in [4.78, 5) is 17.9. The molecule has 0 bridgehead atoms. The van der Waals surface area contributed by atoms with Gasteiger partial charge in [0.1, 0.15) is 6.10 Å². The fourth-order valence-corrected chi connectivity index (χ4v) is 2.26. The van der Waals surface area contributed by atoms with Gasteiger partial charge in [-0.1, -0.05) is 0 Å². The van der Waals surface area contributed by atoms with Crippen molar-refractivity contribution >= 4 is 5.91 Å². The number of hydrogen-bond donors (Lipinski definition) is 1. The number of likely N-dealkylation sites (N-methyl/N-ethyl adjacent to an activating group) is 1. The maximum absolute atomic E-state index is 12.2. The Kier molecular flexibility index (Phi) is 4.87. The molecule has 1 aliphatic rings. The van der Waals surface area contributed by atoms with Crippen molar-refractivity contribution in [1.82, 2.24) is 9.88 Å². The second-order valence-corrected chi connectivity index (χ2v) is 4.93. The highest BCUT2D eigenvalue weighted by Crippen LogP contribution is 2.20. The van der Waals surface area contributed by atoms with Gasteiger partial charge in [0.2, 0.25) is 0 Å². The maximum Gasteiger partial charge on any atom is 0.251 e. The van der Waals surface area contributed by atoms with Crippen LogP contribution in [0.3, 0.4) is 0 Å². The minimum absolute atomic E-state index is 0.0440. The molecule has 1 saturated heterocycles. The number of pyridine rings is 1. The van der Waals surface area contributed by atoms with E-state index in [2.05, 4.69) is 4.98 Å². The number of hydrogen-bond acceptors (Lipinski definition) is 4. The van der Waals surface area contributed by atoms with E-state index in [1.165, 1.54) is 5.56 Å². The van der Waals surface area contributed by atoms with E-state index in [0.717, 1.165) is 19.3 Å². The van der Waals surface area contributed by atoms with E-state index < -0.39 is 0 Å². The van der Waals surface area contributed by atoms with Gasteiger partial charge >= 0.3 is 0 Å². The van der Waals surface area contributed by atoms with Crippen LogP contribution in [0, 0.1) is 0 Å². The molecule has 0 saturated carbocycles. The highest BCUT2D eigenvalue weighted by Gasteiger charge is 2.31. The number of amides is 1. The monoisotopic (exact) mass is 263 g/mol. The quantitative estimate of drug-likeness (QED) is 0.844. The Balaban J connectivity index is 1.80. The Morgan fingerprint density at radius 1 is 1.47 bits per heavy atom. The van der Waals surface area contributed by atoms with E-state index in [4.69, 9.17) is 10.5 Å².